The second kappa shape index (κ2) is 11.2. The van der Waals surface area contributed by atoms with Crippen molar-refractivity contribution in [1.82, 2.24) is 0 Å². The molecule has 2 atom stereocenters. The van der Waals surface area contributed by atoms with Crippen LogP contribution in [-0.2, 0) is 22.0 Å². The third kappa shape index (κ3) is 5.87. The first-order chi connectivity index (χ1) is 21.2. The third-order valence-electron chi connectivity index (χ3n) is 7.81. The molecule has 2 unspecified atom stereocenters. The van der Waals surface area contributed by atoms with Crippen molar-refractivity contribution in [3.63, 3.8) is 0 Å². The molecule has 0 saturated carbocycles. The Morgan fingerprint density at radius 3 is 2.42 bits per heavy atom. The van der Waals surface area contributed by atoms with Gasteiger partial charge in [0, 0.05) is 42.3 Å². The maximum atomic E-state index is 15.7. The minimum atomic E-state index is -3.41. The first kappa shape index (κ1) is 30.6. The molecule has 0 fully saturated rings. The van der Waals surface area contributed by atoms with Gasteiger partial charge in [-0.15, -0.1) is 0 Å². The fourth-order valence-electron chi connectivity index (χ4n) is 5.62. The van der Waals surface area contributed by atoms with E-state index in [0.717, 1.165) is 24.5 Å². The number of aromatic carboxylic acids is 1. The number of halogens is 4. The number of nitrogens with one attached hydrogen (secondary N) is 1. The van der Waals surface area contributed by atoms with Crippen LogP contribution in [0, 0.1) is 17.5 Å². The molecule has 4 aromatic carbocycles. The Labute approximate surface area is 261 Å². The molecule has 13 heteroatoms. The van der Waals surface area contributed by atoms with Crippen LogP contribution in [0.1, 0.15) is 28.4 Å². The lowest BCUT2D eigenvalue weighted by Crippen LogP contribution is -2.40. The van der Waals surface area contributed by atoms with Crippen molar-refractivity contribution in [1.29, 1.82) is 0 Å². The second-order valence-electron chi connectivity index (χ2n) is 11.0. The second-order valence-corrected chi connectivity index (χ2v) is 13.7. The zero-order valence-electron chi connectivity index (χ0n) is 23.9. The molecule has 2 N–H and O–H groups in total. The van der Waals surface area contributed by atoms with E-state index < -0.39 is 45.2 Å². The lowest BCUT2D eigenvalue weighted by molar-refractivity contribution is -0.0705. The summed E-state index contributed by atoms with van der Waals surface area (Å²) < 4.78 is 82.1. The summed E-state index contributed by atoms with van der Waals surface area (Å²) in [6.45, 7) is 1.49. The van der Waals surface area contributed by atoms with Crippen LogP contribution in [0.2, 0.25) is 5.02 Å². The maximum absolute atomic E-state index is 15.7. The van der Waals surface area contributed by atoms with Crippen LogP contribution < -0.4 is 19.7 Å². The van der Waals surface area contributed by atoms with E-state index in [1.165, 1.54) is 37.3 Å². The van der Waals surface area contributed by atoms with E-state index in [-0.39, 0.29) is 57.5 Å². The van der Waals surface area contributed by atoms with E-state index in [2.05, 4.69) is 5.32 Å². The van der Waals surface area contributed by atoms with Gasteiger partial charge in [0.15, 0.2) is 11.5 Å². The smallest absolute Gasteiger partial charge is 0.335 e. The Balaban J connectivity index is 1.31. The Morgan fingerprint density at radius 1 is 1.02 bits per heavy atom. The highest BCUT2D eigenvalue weighted by molar-refractivity contribution is 7.90. The monoisotopic (exact) mass is 658 g/mol. The number of ether oxygens (including phenoxy) is 2. The number of rotatable bonds is 8. The number of hydrogen-bond acceptors (Lipinski definition) is 7. The summed E-state index contributed by atoms with van der Waals surface area (Å²) in [6.07, 6.45) is 0.0920. The Hall–Kier alpha value is -4.42. The van der Waals surface area contributed by atoms with Crippen LogP contribution in [0.3, 0.4) is 0 Å². The van der Waals surface area contributed by atoms with E-state index in [9.17, 15) is 22.7 Å². The minimum Gasteiger partial charge on any atom is -0.478 e. The minimum absolute atomic E-state index is 0.0150. The molecule has 2 aliphatic heterocycles. The molecule has 0 amide bonds. The van der Waals surface area contributed by atoms with E-state index in [0.29, 0.717) is 16.9 Å². The fraction of sp³-hybridized carbons (Fsp3) is 0.219. The van der Waals surface area contributed by atoms with Gasteiger partial charge >= 0.3 is 5.97 Å². The third-order valence-corrected chi connectivity index (χ3v) is 8.97. The van der Waals surface area contributed by atoms with E-state index >= 15 is 8.78 Å². The van der Waals surface area contributed by atoms with Gasteiger partial charge in [0.05, 0.1) is 28.3 Å². The summed E-state index contributed by atoms with van der Waals surface area (Å²) in [5.74, 6) is -4.93. The van der Waals surface area contributed by atoms with Crippen molar-refractivity contribution in [3.05, 3.63) is 106 Å². The normalized spacial score (nSPS) is 18.5. The SMILES string of the molecule is CC1(c2ccc(Cl)cc2F)Oc2cccc(-c3cc(F)c(CC4Nc5ccc(C(=O)O)cc5N4CCS(C)(=O)=O)c(F)c3)c2O1. The van der Waals surface area contributed by atoms with Gasteiger partial charge in [0.25, 0.3) is 5.79 Å². The fourth-order valence-corrected chi connectivity index (χ4v) is 6.31. The highest BCUT2D eigenvalue weighted by Crippen LogP contribution is 2.50. The van der Waals surface area contributed by atoms with Crippen molar-refractivity contribution >= 4 is 38.8 Å². The highest BCUT2D eigenvalue weighted by atomic mass is 35.5. The maximum Gasteiger partial charge on any atom is 0.335 e. The Morgan fingerprint density at radius 2 is 1.76 bits per heavy atom. The van der Waals surface area contributed by atoms with Gasteiger partial charge in [-0.05, 0) is 60.2 Å². The largest absolute Gasteiger partial charge is 0.478 e. The van der Waals surface area contributed by atoms with Gasteiger partial charge < -0.3 is 24.8 Å². The highest BCUT2D eigenvalue weighted by Gasteiger charge is 2.42. The number of carboxylic acids is 1. The van der Waals surface area contributed by atoms with Gasteiger partial charge in [0.1, 0.15) is 33.5 Å². The summed E-state index contributed by atoms with van der Waals surface area (Å²) in [6, 6.07) is 15.5. The van der Waals surface area contributed by atoms with Crippen molar-refractivity contribution < 1.29 is 41.0 Å². The first-order valence-corrected chi connectivity index (χ1v) is 16.2. The molecule has 2 aliphatic rings. The molecular weight excluding hydrogens is 633 g/mol. The summed E-state index contributed by atoms with van der Waals surface area (Å²) in [5.41, 5.74) is 1.20. The van der Waals surface area contributed by atoms with Crippen LogP contribution in [0.15, 0.2) is 66.7 Å². The topological polar surface area (TPSA) is 105 Å². The Kier molecular flexibility index (Phi) is 7.60. The molecule has 0 aliphatic carbocycles. The molecule has 0 radical (unpaired) electrons. The van der Waals surface area contributed by atoms with Crippen LogP contribution >= 0.6 is 11.6 Å². The molecule has 45 heavy (non-hydrogen) atoms. The van der Waals surface area contributed by atoms with Gasteiger partial charge in [-0.3, -0.25) is 0 Å². The quantitative estimate of drug-likeness (QED) is 0.218. The molecule has 2 heterocycles. The molecule has 0 aromatic heterocycles. The first-order valence-electron chi connectivity index (χ1n) is 13.8. The molecule has 8 nitrogen and oxygen atoms in total. The average molecular weight is 659 g/mol. The van der Waals surface area contributed by atoms with Crippen LogP contribution in [0.4, 0.5) is 24.5 Å². The molecule has 0 spiro atoms. The number of carboxylic acid groups (broad SMARTS) is 1. The number of fused-ring (bicyclic) bond motifs is 2. The number of anilines is 2. The summed E-state index contributed by atoms with van der Waals surface area (Å²) in [4.78, 5) is 13.2. The lowest BCUT2D eigenvalue weighted by atomic mass is 9.99. The molecular formula is C32H26ClF3N2O6S. The molecule has 234 valence electrons. The lowest BCUT2D eigenvalue weighted by Gasteiger charge is -2.27. The van der Waals surface area contributed by atoms with Crippen molar-refractivity contribution in [2.75, 3.05) is 28.8 Å². The van der Waals surface area contributed by atoms with Gasteiger partial charge in [-0.2, -0.15) is 0 Å². The van der Waals surface area contributed by atoms with E-state index in [1.807, 2.05) is 0 Å². The van der Waals surface area contributed by atoms with Crippen molar-refractivity contribution in [3.8, 4) is 22.6 Å². The predicted octanol–water partition coefficient (Wildman–Crippen LogP) is 6.61. The van der Waals surface area contributed by atoms with E-state index in [1.54, 1.807) is 23.1 Å². The number of para-hydroxylation sites is 1. The van der Waals surface area contributed by atoms with Crippen molar-refractivity contribution in [2.45, 2.75) is 25.3 Å². The molecule has 4 aromatic rings. The standard InChI is InChI=1S/C32H26ClF3N2O6S/c1-32(22-8-7-19(33)15-25(22)36)43-28-5-3-4-20(30(28)44-32)18-12-23(34)21(24(35)13-18)16-29-37-26-9-6-17(31(39)40)14-27(26)38(29)10-11-45(2,41)42/h3-9,12-15,29,37H,10-11,16H2,1-2H3,(H,39,40). The summed E-state index contributed by atoms with van der Waals surface area (Å²) >= 11 is 5.90. The predicted molar refractivity (Wildman–Crippen MR) is 163 cm³/mol. The summed E-state index contributed by atoms with van der Waals surface area (Å²) in [7, 11) is -3.41. The number of carbonyl (C=O) groups is 1. The zero-order valence-corrected chi connectivity index (χ0v) is 25.5. The van der Waals surface area contributed by atoms with Gasteiger partial charge in [0.2, 0.25) is 0 Å². The molecule has 0 saturated heterocycles. The average Bonchev–Trinajstić information content (AvgIpc) is 3.49. The summed E-state index contributed by atoms with van der Waals surface area (Å²) in [5, 5.41) is 12.8. The number of hydrogen-bond donors (Lipinski definition) is 2. The van der Waals surface area contributed by atoms with Crippen molar-refractivity contribution in [2.24, 2.45) is 0 Å². The van der Waals surface area contributed by atoms with Gasteiger partial charge in [-0.1, -0.05) is 23.7 Å². The Bertz CT molecular complexity index is 1950. The van der Waals surface area contributed by atoms with E-state index in [4.69, 9.17) is 21.1 Å². The number of benzene rings is 4. The van der Waals surface area contributed by atoms with Crippen LogP contribution in [0.25, 0.3) is 11.1 Å². The molecule has 6 rings (SSSR count). The zero-order chi connectivity index (χ0) is 32.3. The number of nitrogens with zero attached hydrogens (tertiary/aromatic N) is 1. The molecule has 0 bridgehead atoms. The number of sulfone groups is 1. The van der Waals surface area contributed by atoms with Crippen LogP contribution in [-0.4, -0.2) is 44.2 Å². The van der Waals surface area contributed by atoms with Gasteiger partial charge in [-0.25, -0.2) is 26.4 Å². The van der Waals surface area contributed by atoms with Crippen LogP contribution in [0.5, 0.6) is 11.5 Å².